The molecule has 25 heavy (non-hydrogen) atoms. The van der Waals surface area contributed by atoms with Crippen molar-refractivity contribution in [3.63, 3.8) is 0 Å². The Morgan fingerprint density at radius 2 is 1.68 bits per heavy atom. The molecule has 3 rings (SSSR count). The van der Waals surface area contributed by atoms with Crippen LogP contribution in [0.3, 0.4) is 0 Å². The minimum Gasteiger partial charge on any atom is -0.489 e. The van der Waals surface area contributed by atoms with Gasteiger partial charge in [0, 0.05) is 5.69 Å². The first kappa shape index (κ1) is 16.9. The second-order valence-electron chi connectivity index (χ2n) is 5.39. The SMILES string of the molecule is Cc1cc(C(N)=S)nc(Oc2ccc(OCc3ccccc3)cc2)n1. The minimum absolute atomic E-state index is 0.208. The molecule has 0 radical (unpaired) electrons. The molecule has 0 aliphatic rings. The van der Waals surface area contributed by atoms with E-state index in [1.54, 1.807) is 18.2 Å². The largest absolute Gasteiger partial charge is 0.489 e. The van der Waals surface area contributed by atoms with E-state index in [-0.39, 0.29) is 11.0 Å². The Kier molecular flexibility index (Phi) is 5.20. The van der Waals surface area contributed by atoms with Crippen LogP contribution in [0.1, 0.15) is 17.0 Å². The Labute approximate surface area is 151 Å². The van der Waals surface area contributed by atoms with Crippen molar-refractivity contribution in [3.05, 3.63) is 77.6 Å². The lowest BCUT2D eigenvalue weighted by Crippen LogP contribution is -2.13. The lowest BCUT2D eigenvalue weighted by molar-refractivity contribution is 0.305. The highest BCUT2D eigenvalue weighted by Crippen LogP contribution is 2.22. The normalized spacial score (nSPS) is 10.3. The van der Waals surface area contributed by atoms with E-state index in [9.17, 15) is 0 Å². The molecule has 6 heteroatoms. The number of hydrogen-bond donors (Lipinski definition) is 1. The van der Waals surface area contributed by atoms with E-state index in [1.807, 2.05) is 49.4 Å². The molecule has 0 fully saturated rings. The lowest BCUT2D eigenvalue weighted by atomic mass is 10.2. The van der Waals surface area contributed by atoms with Crippen LogP contribution in [0.5, 0.6) is 17.5 Å². The zero-order chi connectivity index (χ0) is 17.6. The van der Waals surface area contributed by atoms with Gasteiger partial charge in [0.2, 0.25) is 0 Å². The van der Waals surface area contributed by atoms with E-state index in [0.717, 1.165) is 17.0 Å². The number of ether oxygens (including phenoxy) is 2. The molecule has 1 heterocycles. The molecule has 0 bridgehead atoms. The smallest absolute Gasteiger partial charge is 0.322 e. The molecule has 2 N–H and O–H groups in total. The van der Waals surface area contributed by atoms with Crippen LogP contribution in [0.4, 0.5) is 0 Å². The summed E-state index contributed by atoms with van der Waals surface area (Å²) < 4.78 is 11.4. The summed E-state index contributed by atoms with van der Waals surface area (Å²) in [6, 6.07) is 19.2. The van der Waals surface area contributed by atoms with Crippen LogP contribution in [0.15, 0.2) is 60.7 Å². The predicted molar refractivity (Wildman–Crippen MR) is 99.9 cm³/mol. The average Bonchev–Trinajstić information content (AvgIpc) is 2.61. The van der Waals surface area contributed by atoms with E-state index >= 15 is 0 Å². The summed E-state index contributed by atoms with van der Waals surface area (Å²) in [7, 11) is 0. The molecule has 3 aromatic rings. The van der Waals surface area contributed by atoms with Crippen molar-refractivity contribution >= 4 is 17.2 Å². The van der Waals surface area contributed by atoms with Gasteiger partial charge >= 0.3 is 6.01 Å². The van der Waals surface area contributed by atoms with Crippen LogP contribution in [-0.4, -0.2) is 15.0 Å². The summed E-state index contributed by atoms with van der Waals surface area (Å²) in [6.07, 6.45) is 0. The van der Waals surface area contributed by atoms with Crippen LogP contribution in [0.25, 0.3) is 0 Å². The first-order valence-corrected chi connectivity index (χ1v) is 8.11. The van der Waals surface area contributed by atoms with Gasteiger partial charge in [-0.25, -0.2) is 4.98 Å². The number of rotatable bonds is 6. The van der Waals surface area contributed by atoms with Gasteiger partial charge in [0.15, 0.2) is 0 Å². The number of aryl methyl sites for hydroxylation is 1. The number of hydrogen-bond acceptors (Lipinski definition) is 5. The molecule has 2 aromatic carbocycles. The third-order valence-electron chi connectivity index (χ3n) is 3.37. The molecular formula is C19H17N3O2S. The standard InChI is InChI=1S/C19H17N3O2S/c1-13-11-17(18(20)25)22-19(21-13)24-16-9-7-15(8-10-16)23-12-14-5-3-2-4-6-14/h2-11H,12H2,1H3,(H2,20,25). The van der Waals surface area contributed by atoms with E-state index in [4.69, 9.17) is 27.4 Å². The molecule has 0 aliphatic carbocycles. The van der Waals surface area contributed by atoms with Crippen LogP contribution in [0.2, 0.25) is 0 Å². The molecule has 0 unspecified atom stereocenters. The summed E-state index contributed by atoms with van der Waals surface area (Å²) in [5, 5.41) is 0. The maximum absolute atomic E-state index is 5.75. The van der Waals surface area contributed by atoms with Gasteiger partial charge in [-0.05, 0) is 42.8 Å². The van der Waals surface area contributed by atoms with Crippen molar-refractivity contribution in [1.82, 2.24) is 9.97 Å². The van der Waals surface area contributed by atoms with Gasteiger partial charge in [-0.3, -0.25) is 0 Å². The third kappa shape index (κ3) is 4.74. The lowest BCUT2D eigenvalue weighted by Gasteiger charge is -2.09. The molecule has 0 atom stereocenters. The van der Waals surface area contributed by atoms with E-state index in [0.29, 0.717) is 18.1 Å². The first-order chi connectivity index (χ1) is 12.1. The van der Waals surface area contributed by atoms with Crippen molar-refractivity contribution in [2.45, 2.75) is 13.5 Å². The number of nitrogens with two attached hydrogens (primary N) is 1. The quantitative estimate of drug-likeness (QED) is 0.681. The highest BCUT2D eigenvalue weighted by atomic mass is 32.1. The van der Waals surface area contributed by atoms with Crippen LogP contribution >= 0.6 is 12.2 Å². The molecule has 1 aromatic heterocycles. The van der Waals surface area contributed by atoms with Gasteiger partial charge in [0.1, 0.15) is 28.8 Å². The topological polar surface area (TPSA) is 70.3 Å². The van der Waals surface area contributed by atoms with Crippen molar-refractivity contribution in [2.24, 2.45) is 5.73 Å². The zero-order valence-corrected chi connectivity index (χ0v) is 14.5. The molecule has 0 saturated carbocycles. The second-order valence-corrected chi connectivity index (χ2v) is 5.83. The average molecular weight is 351 g/mol. The van der Waals surface area contributed by atoms with Gasteiger partial charge < -0.3 is 15.2 Å². The predicted octanol–water partition coefficient (Wildman–Crippen LogP) is 3.79. The summed E-state index contributed by atoms with van der Waals surface area (Å²) in [6.45, 7) is 2.34. The van der Waals surface area contributed by atoms with Gasteiger partial charge in [0.05, 0.1) is 0 Å². The maximum Gasteiger partial charge on any atom is 0.322 e. The second kappa shape index (κ2) is 7.72. The number of nitrogens with zero attached hydrogens (tertiary/aromatic N) is 2. The third-order valence-corrected chi connectivity index (χ3v) is 3.58. The van der Waals surface area contributed by atoms with Gasteiger partial charge in [-0.2, -0.15) is 4.98 Å². The van der Waals surface area contributed by atoms with Crippen LogP contribution < -0.4 is 15.2 Å². The van der Waals surface area contributed by atoms with E-state index in [2.05, 4.69) is 9.97 Å². The molecule has 0 amide bonds. The summed E-state index contributed by atoms with van der Waals surface area (Å²) >= 11 is 4.95. The van der Waals surface area contributed by atoms with Crippen molar-refractivity contribution < 1.29 is 9.47 Å². The number of benzene rings is 2. The van der Waals surface area contributed by atoms with Gasteiger partial charge in [-0.15, -0.1) is 0 Å². The fourth-order valence-corrected chi connectivity index (χ4v) is 2.27. The molecule has 5 nitrogen and oxygen atoms in total. The van der Waals surface area contributed by atoms with Crippen LogP contribution in [-0.2, 0) is 6.61 Å². The molecular weight excluding hydrogens is 334 g/mol. The number of thiocarbonyl (C=S) groups is 1. The Morgan fingerprint density at radius 3 is 2.36 bits per heavy atom. The minimum atomic E-state index is 0.208. The number of aromatic nitrogens is 2. The summed E-state index contributed by atoms with van der Waals surface area (Å²) in [5.41, 5.74) is 7.95. The van der Waals surface area contributed by atoms with Crippen molar-refractivity contribution in [1.29, 1.82) is 0 Å². The highest BCUT2D eigenvalue weighted by molar-refractivity contribution is 7.80. The van der Waals surface area contributed by atoms with Gasteiger partial charge in [0.25, 0.3) is 0 Å². The van der Waals surface area contributed by atoms with E-state index in [1.165, 1.54) is 0 Å². The van der Waals surface area contributed by atoms with Gasteiger partial charge in [-0.1, -0.05) is 42.5 Å². The van der Waals surface area contributed by atoms with Crippen LogP contribution in [0, 0.1) is 6.92 Å². The Bertz CT molecular complexity index is 868. The summed E-state index contributed by atoms with van der Waals surface area (Å²) in [4.78, 5) is 8.63. The fourth-order valence-electron chi connectivity index (χ4n) is 2.16. The maximum atomic E-state index is 5.75. The van der Waals surface area contributed by atoms with Crippen molar-refractivity contribution in [3.8, 4) is 17.5 Å². The summed E-state index contributed by atoms with van der Waals surface area (Å²) in [5.74, 6) is 1.36. The first-order valence-electron chi connectivity index (χ1n) is 7.70. The fraction of sp³-hybridized carbons (Fsp3) is 0.105. The molecule has 0 spiro atoms. The molecule has 0 saturated heterocycles. The Hall–Kier alpha value is -2.99. The Morgan fingerprint density at radius 1 is 1.00 bits per heavy atom. The highest BCUT2D eigenvalue weighted by Gasteiger charge is 2.07. The monoisotopic (exact) mass is 351 g/mol. The molecule has 126 valence electrons. The van der Waals surface area contributed by atoms with E-state index < -0.39 is 0 Å². The van der Waals surface area contributed by atoms with Crippen molar-refractivity contribution in [2.75, 3.05) is 0 Å². The zero-order valence-electron chi connectivity index (χ0n) is 13.7. The Balaban J connectivity index is 1.65. The molecule has 0 aliphatic heterocycles.